The third kappa shape index (κ3) is 3.27. The zero-order valence-corrected chi connectivity index (χ0v) is 14.3. The molecule has 0 aliphatic carbocycles. The molecular weight excluding hydrogens is 364 g/mol. The van der Waals surface area contributed by atoms with E-state index in [1.165, 1.54) is 42.1 Å². The summed E-state index contributed by atoms with van der Waals surface area (Å²) < 4.78 is 28.4. The summed E-state index contributed by atoms with van der Waals surface area (Å²) in [5.74, 6) is -0.456. The van der Waals surface area contributed by atoms with E-state index in [1.54, 1.807) is 0 Å². The van der Waals surface area contributed by atoms with Crippen LogP contribution in [0.4, 0.5) is 5.69 Å². The van der Waals surface area contributed by atoms with Gasteiger partial charge in [-0.2, -0.15) is 0 Å². The molecule has 12 heteroatoms. The highest BCUT2D eigenvalue weighted by molar-refractivity contribution is 7.89. The SMILES string of the molecule is Cn1cc(S(=O)(=O)NCc2nc3ccc([N+](=O)[O-])cc3[nH]2)cc1C(N)=O. The van der Waals surface area contributed by atoms with Crippen molar-refractivity contribution in [1.82, 2.24) is 19.3 Å². The molecule has 0 aliphatic heterocycles. The van der Waals surface area contributed by atoms with Crippen LogP contribution in [-0.2, 0) is 23.6 Å². The number of primary amides is 1. The highest BCUT2D eigenvalue weighted by Gasteiger charge is 2.20. The van der Waals surface area contributed by atoms with Crippen molar-refractivity contribution in [1.29, 1.82) is 0 Å². The molecule has 0 fully saturated rings. The summed E-state index contributed by atoms with van der Waals surface area (Å²) in [5.41, 5.74) is 6.02. The molecule has 2 heterocycles. The Morgan fingerprint density at radius 1 is 1.42 bits per heavy atom. The van der Waals surface area contributed by atoms with E-state index in [9.17, 15) is 23.3 Å². The molecule has 1 aromatic carbocycles. The van der Waals surface area contributed by atoms with Crippen LogP contribution in [0.3, 0.4) is 0 Å². The maximum atomic E-state index is 12.3. The predicted molar refractivity (Wildman–Crippen MR) is 90.7 cm³/mol. The second-order valence-electron chi connectivity index (χ2n) is 5.50. The van der Waals surface area contributed by atoms with Crippen LogP contribution in [-0.4, -0.2) is 33.8 Å². The van der Waals surface area contributed by atoms with E-state index >= 15 is 0 Å². The zero-order valence-electron chi connectivity index (χ0n) is 13.5. The average molecular weight is 378 g/mol. The highest BCUT2D eigenvalue weighted by atomic mass is 32.2. The van der Waals surface area contributed by atoms with Crippen molar-refractivity contribution >= 4 is 32.7 Å². The number of carbonyl (C=O) groups excluding carboxylic acids is 1. The predicted octanol–water partition coefficient (Wildman–Crippen LogP) is 0.387. The quantitative estimate of drug-likeness (QED) is 0.414. The minimum absolute atomic E-state index is 0.0569. The first-order chi connectivity index (χ1) is 12.2. The number of carbonyl (C=O) groups is 1. The Morgan fingerprint density at radius 3 is 2.77 bits per heavy atom. The van der Waals surface area contributed by atoms with Crippen LogP contribution in [0.15, 0.2) is 35.4 Å². The van der Waals surface area contributed by atoms with Gasteiger partial charge in [0.15, 0.2) is 0 Å². The van der Waals surface area contributed by atoms with Gasteiger partial charge in [-0.25, -0.2) is 18.1 Å². The molecule has 0 radical (unpaired) electrons. The van der Waals surface area contributed by atoms with Crippen molar-refractivity contribution in [2.75, 3.05) is 0 Å². The van der Waals surface area contributed by atoms with E-state index < -0.39 is 20.9 Å². The number of hydrogen-bond acceptors (Lipinski definition) is 6. The fourth-order valence-electron chi connectivity index (χ4n) is 2.42. The number of hydrogen-bond donors (Lipinski definition) is 3. The number of nitrogens with two attached hydrogens (primary N) is 1. The average Bonchev–Trinajstić information content (AvgIpc) is 3.15. The van der Waals surface area contributed by atoms with Crippen molar-refractivity contribution in [3.63, 3.8) is 0 Å². The van der Waals surface area contributed by atoms with E-state index in [-0.39, 0.29) is 28.6 Å². The fourth-order valence-corrected chi connectivity index (χ4v) is 3.48. The van der Waals surface area contributed by atoms with Crippen molar-refractivity contribution in [3.05, 3.63) is 52.1 Å². The van der Waals surface area contributed by atoms with Gasteiger partial charge in [0, 0.05) is 25.4 Å². The van der Waals surface area contributed by atoms with Crippen molar-refractivity contribution in [2.24, 2.45) is 12.8 Å². The van der Waals surface area contributed by atoms with Gasteiger partial charge in [-0.15, -0.1) is 0 Å². The number of nitrogens with one attached hydrogen (secondary N) is 2. The zero-order chi connectivity index (χ0) is 19.1. The molecule has 0 saturated carbocycles. The van der Waals surface area contributed by atoms with Crippen LogP contribution in [0, 0.1) is 10.1 Å². The summed E-state index contributed by atoms with van der Waals surface area (Å²) in [6.45, 7) is -0.161. The molecule has 0 spiro atoms. The Bertz CT molecular complexity index is 1130. The number of benzene rings is 1. The van der Waals surface area contributed by atoms with Gasteiger partial charge < -0.3 is 15.3 Å². The second-order valence-corrected chi connectivity index (χ2v) is 7.27. The van der Waals surface area contributed by atoms with Crippen LogP contribution in [0.25, 0.3) is 11.0 Å². The van der Waals surface area contributed by atoms with Gasteiger partial charge in [0.1, 0.15) is 16.4 Å². The molecule has 0 bridgehead atoms. The van der Waals surface area contributed by atoms with Gasteiger partial charge in [-0.1, -0.05) is 0 Å². The first-order valence-electron chi connectivity index (χ1n) is 7.26. The van der Waals surface area contributed by atoms with Gasteiger partial charge in [0.2, 0.25) is 10.0 Å². The van der Waals surface area contributed by atoms with Gasteiger partial charge >= 0.3 is 0 Å². The third-order valence-electron chi connectivity index (χ3n) is 3.70. The first kappa shape index (κ1) is 17.6. The maximum absolute atomic E-state index is 12.3. The summed E-state index contributed by atoms with van der Waals surface area (Å²) in [7, 11) is -2.39. The number of nitrogens with zero attached hydrogens (tertiary/aromatic N) is 3. The monoisotopic (exact) mass is 378 g/mol. The van der Waals surface area contributed by atoms with E-state index in [1.807, 2.05) is 0 Å². The lowest BCUT2D eigenvalue weighted by atomic mass is 10.3. The molecule has 0 unspecified atom stereocenters. The Kier molecular flexibility index (Phi) is 4.21. The van der Waals surface area contributed by atoms with Gasteiger partial charge in [0.05, 0.1) is 22.5 Å². The molecule has 2 aromatic heterocycles. The minimum atomic E-state index is -3.90. The molecule has 0 aliphatic rings. The van der Waals surface area contributed by atoms with Crippen LogP contribution in [0.2, 0.25) is 0 Å². The lowest BCUT2D eigenvalue weighted by molar-refractivity contribution is -0.384. The summed E-state index contributed by atoms with van der Waals surface area (Å²) in [6.07, 6.45) is 1.27. The largest absolute Gasteiger partial charge is 0.364 e. The molecule has 26 heavy (non-hydrogen) atoms. The number of H-pyrrole nitrogens is 1. The number of rotatable bonds is 6. The van der Waals surface area contributed by atoms with E-state index in [4.69, 9.17) is 5.73 Å². The van der Waals surface area contributed by atoms with Crippen molar-refractivity contribution in [3.8, 4) is 0 Å². The topological polar surface area (TPSA) is 166 Å². The lowest BCUT2D eigenvalue weighted by Crippen LogP contribution is -2.23. The number of nitro groups is 1. The number of aryl methyl sites for hydroxylation is 1. The number of aromatic nitrogens is 3. The first-order valence-corrected chi connectivity index (χ1v) is 8.74. The van der Waals surface area contributed by atoms with Crippen LogP contribution in [0.5, 0.6) is 0 Å². The summed E-state index contributed by atoms with van der Waals surface area (Å²) >= 11 is 0. The van der Waals surface area contributed by atoms with E-state index in [2.05, 4.69) is 14.7 Å². The molecule has 136 valence electrons. The van der Waals surface area contributed by atoms with Crippen LogP contribution < -0.4 is 10.5 Å². The Balaban J connectivity index is 1.81. The number of aromatic amines is 1. The fraction of sp³-hybridized carbons (Fsp3) is 0.143. The molecule has 0 saturated heterocycles. The molecule has 11 nitrogen and oxygen atoms in total. The minimum Gasteiger partial charge on any atom is -0.364 e. The number of sulfonamides is 1. The Labute approximate surface area is 147 Å². The Hall–Kier alpha value is -3.25. The number of non-ortho nitro benzene ring substituents is 1. The molecule has 3 rings (SSSR count). The molecule has 4 N–H and O–H groups in total. The number of imidazole rings is 1. The second kappa shape index (κ2) is 6.24. The third-order valence-corrected chi connectivity index (χ3v) is 5.07. The lowest BCUT2D eigenvalue weighted by Gasteiger charge is -2.02. The van der Waals surface area contributed by atoms with Crippen LogP contribution in [0.1, 0.15) is 16.3 Å². The number of amides is 1. The highest BCUT2D eigenvalue weighted by Crippen LogP contribution is 2.19. The summed E-state index contributed by atoms with van der Waals surface area (Å²) in [4.78, 5) is 28.4. The van der Waals surface area contributed by atoms with Crippen molar-refractivity contribution in [2.45, 2.75) is 11.4 Å². The number of nitro benzene ring substituents is 1. The van der Waals surface area contributed by atoms with E-state index in [0.717, 1.165) is 0 Å². The van der Waals surface area contributed by atoms with Gasteiger partial charge in [0.25, 0.3) is 11.6 Å². The molecule has 3 aromatic rings. The Morgan fingerprint density at radius 2 is 2.15 bits per heavy atom. The summed E-state index contributed by atoms with van der Waals surface area (Å²) in [5, 5.41) is 10.8. The normalized spacial score (nSPS) is 11.7. The molecular formula is C14H14N6O5S. The van der Waals surface area contributed by atoms with E-state index in [0.29, 0.717) is 11.0 Å². The van der Waals surface area contributed by atoms with Crippen LogP contribution >= 0.6 is 0 Å². The summed E-state index contributed by atoms with van der Waals surface area (Å²) in [6, 6.07) is 5.27. The molecule has 1 amide bonds. The van der Waals surface area contributed by atoms with Gasteiger partial charge in [-0.3, -0.25) is 14.9 Å². The smallest absolute Gasteiger partial charge is 0.271 e. The van der Waals surface area contributed by atoms with Crippen molar-refractivity contribution < 1.29 is 18.1 Å². The number of fused-ring (bicyclic) bond motifs is 1. The maximum Gasteiger partial charge on any atom is 0.271 e. The van der Waals surface area contributed by atoms with Gasteiger partial charge in [-0.05, 0) is 12.1 Å². The molecule has 0 atom stereocenters. The standard InChI is InChI=1S/C14H14N6O5S/c1-19-7-9(5-12(19)14(15)21)26(24,25)16-6-13-17-10-3-2-8(20(22)23)4-11(10)18-13/h2-5,7,16H,6H2,1H3,(H2,15,21)(H,17,18).